The summed E-state index contributed by atoms with van der Waals surface area (Å²) < 4.78 is 18.8. The molecule has 34 heavy (non-hydrogen) atoms. The van der Waals surface area contributed by atoms with Crippen molar-refractivity contribution in [3.63, 3.8) is 0 Å². The van der Waals surface area contributed by atoms with Gasteiger partial charge in [0.2, 0.25) is 11.1 Å². The highest BCUT2D eigenvalue weighted by Gasteiger charge is 2.35. The molecule has 8 nitrogen and oxygen atoms in total. The first-order valence-electron chi connectivity index (χ1n) is 12.1. The van der Waals surface area contributed by atoms with Crippen LogP contribution >= 0.6 is 11.8 Å². The summed E-state index contributed by atoms with van der Waals surface area (Å²) in [6.07, 6.45) is 5.45. The van der Waals surface area contributed by atoms with E-state index in [1.54, 1.807) is 30.5 Å². The van der Waals surface area contributed by atoms with Crippen molar-refractivity contribution in [1.82, 2.24) is 14.8 Å². The van der Waals surface area contributed by atoms with Gasteiger partial charge in [-0.15, -0.1) is 5.10 Å². The van der Waals surface area contributed by atoms with Crippen molar-refractivity contribution in [2.45, 2.75) is 71.0 Å². The van der Waals surface area contributed by atoms with Crippen LogP contribution in [-0.4, -0.2) is 46.8 Å². The van der Waals surface area contributed by atoms with E-state index in [9.17, 15) is 4.79 Å². The maximum absolute atomic E-state index is 13.0. The molecular weight excluding hydrogens is 452 g/mol. The molecule has 1 N–H and O–H groups in total. The number of rotatable bonds is 13. The van der Waals surface area contributed by atoms with E-state index in [4.69, 9.17) is 19.3 Å². The summed E-state index contributed by atoms with van der Waals surface area (Å²) in [5.74, 6) is 2.47. The molecule has 186 valence electrons. The molecular formula is C25H36N4O4S. The van der Waals surface area contributed by atoms with Gasteiger partial charge in [-0.1, -0.05) is 50.9 Å². The highest BCUT2D eigenvalue weighted by atomic mass is 32.2. The zero-order valence-corrected chi connectivity index (χ0v) is 21.7. The third-order valence-corrected chi connectivity index (χ3v) is 6.49. The molecule has 0 aliphatic carbocycles. The van der Waals surface area contributed by atoms with Gasteiger partial charge in [-0.2, -0.15) is 4.98 Å². The van der Waals surface area contributed by atoms with Crippen molar-refractivity contribution in [3.8, 4) is 11.5 Å². The molecule has 1 aliphatic rings. The maximum Gasteiger partial charge on any atom is 0.338 e. The average molecular weight is 489 g/mol. The highest BCUT2D eigenvalue weighted by Crippen LogP contribution is 2.40. The summed E-state index contributed by atoms with van der Waals surface area (Å²) in [4.78, 5) is 17.7. The van der Waals surface area contributed by atoms with E-state index in [0.29, 0.717) is 47.1 Å². The molecule has 0 saturated heterocycles. The number of nitrogens with zero attached hydrogens (tertiary/aromatic N) is 3. The number of benzene rings is 1. The lowest BCUT2D eigenvalue weighted by Gasteiger charge is -2.28. The lowest BCUT2D eigenvalue weighted by molar-refractivity contribution is -0.139. The lowest BCUT2D eigenvalue weighted by atomic mass is 9.95. The number of hydrogen-bond acceptors (Lipinski definition) is 8. The van der Waals surface area contributed by atoms with Crippen LogP contribution in [0.15, 0.2) is 34.6 Å². The van der Waals surface area contributed by atoms with E-state index >= 15 is 0 Å². The minimum absolute atomic E-state index is 0.290. The van der Waals surface area contributed by atoms with E-state index in [-0.39, 0.29) is 5.97 Å². The summed E-state index contributed by atoms with van der Waals surface area (Å²) in [6, 6.07) is 5.27. The Morgan fingerprint density at radius 1 is 1.15 bits per heavy atom. The number of anilines is 1. The number of carbonyl (C=O) groups excluding carboxylic acids is 1. The number of fused-ring (bicyclic) bond motifs is 1. The summed E-state index contributed by atoms with van der Waals surface area (Å²) >= 11 is 1.62. The van der Waals surface area contributed by atoms with E-state index < -0.39 is 6.04 Å². The predicted molar refractivity (Wildman–Crippen MR) is 135 cm³/mol. The van der Waals surface area contributed by atoms with Crippen LogP contribution in [0.25, 0.3) is 0 Å². The molecule has 1 atom stereocenters. The van der Waals surface area contributed by atoms with Crippen LogP contribution in [0.1, 0.15) is 71.4 Å². The Morgan fingerprint density at radius 2 is 1.94 bits per heavy atom. The van der Waals surface area contributed by atoms with Crippen molar-refractivity contribution < 1.29 is 19.0 Å². The Labute approximate surface area is 206 Å². The fourth-order valence-electron chi connectivity index (χ4n) is 3.79. The molecule has 9 heteroatoms. The zero-order valence-electron chi connectivity index (χ0n) is 20.8. The van der Waals surface area contributed by atoms with Gasteiger partial charge < -0.3 is 19.5 Å². The van der Waals surface area contributed by atoms with Gasteiger partial charge in [0, 0.05) is 11.4 Å². The summed E-state index contributed by atoms with van der Waals surface area (Å²) in [6.45, 7) is 8.92. The van der Waals surface area contributed by atoms with Gasteiger partial charge in [0.25, 0.3) is 0 Å². The molecule has 1 aromatic heterocycles. The number of ether oxygens (including phenoxy) is 3. The van der Waals surface area contributed by atoms with Crippen molar-refractivity contribution >= 4 is 23.7 Å². The number of unbranched alkanes of at least 4 members (excludes halogenated alkanes) is 3. The molecule has 0 saturated carbocycles. The van der Waals surface area contributed by atoms with Gasteiger partial charge in [0.1, 0.15) is 6.04 Å². The van der Waals surface area contributed by atoms with E-state index in [1.807, 2.05) is 25.1 Å². The molecule has 2 heterocycles. The van der Waals surface area contributed by atoms with E-state index in [0.717, 1.165) is 43.4 Å². The minimum atomic E-state index is -0.494. The van der Waals surface area contributed by atoms with E-state index in [1.165, 1.54) is 0 Å². The number of hydrogen-bond donors (Lipinski definition) is 1. The molecule has 1 aromatic carbocycles. The Balaban J connectivity index is 1.99. The Bertz CT molecular complexity index is 1000. The molecule has 0 spiro atoms. The first kappa shape index (κ1) is 25.9. The van der Waals surface area contributed by atoms with Crippen LogP contribution in [0.4, 0.5) is 5.95 Å². The molecule has 0 amide bonds. The van der Waals surface area contributed by atoms with Gasteiger partial charge in [-0.25, -0.2) is 9.48 Å². The Kier molecular flexibility index (Phi) is 9.68. The van der Waals surface area contributed by atoms with Crippen LogP contribution in [0.2, 0.25) is 0 Å². The largest absolute Gasteiger partial charge is 0.493 e. The number of esters is 1. The zero-order chi connectivity index (χ0) is 24.5. The van der Waals surface area contributed by atoms with Gasteiger partial charge >= 0.3 is 5.97 Å². The quantitative estimate of drug-likeness (QED) is 0.221. The van der Waals surface area contributed by atoms with Crippen molar-refractivity contribution in [3.05, 3.63) is 35.0 Å². The van der Waals surface area contributed by atoms with Gasteiger partial charge in [-0.3, -0.25) is 0 Å². The number of allylic oxidation sites excluding steroid dienone is 1. The predicted octanol–water partition coefficient (Wildman–Crippen LogP) is 5.60. The Hall–Kier alpha value is -2.68. The van der Waals surface area contributed by atoms with Gasteiger partial charge in [0.05, 0.1) is 25.9 Å². The topological polar surface area (TPSA) is 87.5 Å². The second-order valence-corrected chi connectivity index (χ2v) is 9.18. The molecule has 0 radical (unpaired) electrons. The third kappa shape index (κ3) is 6.05. The molecule has 2 aromatic rings. The van der Waals surface area contributed by atoms with Crippen molar-refractivity contribution in [2.24, 2.45) is 0 Å². The molecule has 3 rings (SSSR count). The van der Waals surface area contributed by atoms with Gasteiger partial charge in [0.15, 0.2) is 11.5 Å². The fraction of sp³-hybridized carbons (Fsp3) is 0.560. The van der Waals surface area contributed by atoms with Crippen LogP contribution in [0.5, 0.6) is 11.5 Å². The second kappa shape index (κ2) is 12.7. The number of nitrogens with one attached hydrogen (secondary N) is 1. The monoisotopic (exact) mass is 488 g/mol. The second-order valence-electron chi connectivity index (χ2n) is 8.12. The number of thioether (sulfide) groups is 1. The third-order valence-electron chi connectivity index (χ3n) is 5.57. The molecule has 1 aliphatic heterocycles. The number of aromatic nitrogens is 3. The normalized spacial score (nSPS) is 15.0. The Morgan fingerprint density at radius 3 is 2.65 bits per heavy atom. The van der Waals surface area contributed by atoms with Crippen LogP contribution in [0.3, 0.4) is 0 Å². The molecule has 0 fully saturated rings. The first-order chi connectivity index (χ1) is 16.5. The smallest absolute Gasteiger partial charge is 0.338 e. The average Bonchev–Trinajstić information content (AvgIpc) is 3.23. The first-order valence-corrected chi connectivity index (χ1v) is 13.1. The molecule has 0 bridgehead atoms. The van der Waals surface area contributed by atoms with E-state index in [2.05, 4.69) is 24.1 Å². The number of methoxy groups -OCH3 is 1. The fourth-order valence-corrected chi connectivity index (χ4v) is 4.70. The SMILES string of the molecule is CCCCCOc1ccc(C2C(C(=O)OCC)=C(C)Nc3nc(SCCCC)nn32)cc1OC. The van der Waals surface area contributed by atoms with Crippen LogP contribution in [-0.2, 0) is 9.53 Å². The standard InChI is InChI=1S/C25H36N4O4S/c1-6-9-11-14-33-19-13-12-18(16-20(19)31-5)22-21(23(30)32-8-3)17(4)26-24-27-25(28-29(22)24)34-15-10-7-2/h12-13,16,22H,6-11,14-15H2,1-5H3,(H,26,27,28). The lowest BCUT2D eigenvalue weighted by Crippen LogP contribution is -2.29. The molecule has 1 unspecified atom stereocenters. The van der Waals surface area contributed by atoms with Crippen LogP contribution < -0.4 is 14.8 Å². The maximum atomic E-state index is 13.0. The minimum Gasteiger partial charge on any atom is -0.493 e. The van der Waals surface area contributed by atoms with Crippen molar-refractivity contribution in [1.29, 1.82) is 0 Å². The summed E-state index contributed by atoms with van der Waals surface area (Å²) in [5, 5.41) is 8.67. The summed E-state index contributed by atoms with van der Waals surface area (Å²) in [5.41, 5.74) is 2.05. The van der Waals surface area contributed by atoms with Gasteiger partial charge in [-0.05, 0) is 44.4 Å². The van der Waals surface area contributed by atoms with Crippen molar-refractivity contribution in [2.75, 3.05) is 31.4 Å². The highest BCUT2D eigenvalue weighted by molar-refractivity contribution is 7.99. The summed E-state index contributed by atoms with van der Waals surface area (Å²) in [7, 11) is 1.62. The van der Waals surface area contributed by atoms with Crippen LogP contribution in [0, 0.1) is 0 Å². The number of carbonyl (C=O) groups is 1.